The third-order valence-corrected chi connectivity index (χ3v) is 5.92. The number of halogens is 1. The maximum Gasteiger partial charge on any atom is 0.179 e. The second kappa shape index (κ2) is 7.61. The average Bonchev–Trinajstić information content (AvgIpc) is 2.96. The summed E-state index contributed by atoms with van der Waals surface area (Å²) in [5.41, 5.74) is 1.12. The smallest absolute Gasteiger partial charge is 0.179 e. The Bertz CT molecular complexity index is 476. The first-order chi connectivity index (χ1) is 10.1. The van der Waals surface area contributed by atoms with Gasteiger partial charge in [0.05, 0.1) is 19.2 Å². The van der Waals surface area contributed by atoms with Gasteiger partial charge in [0.2, 0.25) is 0 Å². The largest absolute Gasteiger partial charge is 0.493 e. The Kier molecular flexibility index (Phi) is 6.08. The normalized spacial score (nSPS) is 17.0. The highest BCUT2D eigenvalue weighted by atomic mass is 35.5. The van der Waals surface area contributed by atoms with Crippen molar-refractivity contribution in [2.75, 3.05) is 27.0 Å². The number of hydrogen-bond acceptors (Lipinski definition) is 4. The summed E-state index contributed by atoms with van der Waals surface area (Å²) in [7, 11) is 3.23. The first kappa shape index (κ1) is 16.8. The van der Waals surface area contributed by atoms with Crippen LogP contribution >= 0.6 is 23.4 Å². The van der Waals surface area contributed by atoms with E-state index in [1.54, 1.807) is 14.2 Å². The van der Waals surface area contributed by atoms with Gasteiger partial charge >= 0.3 is 0 Å². The van der Waals surface area contributed by atoms with Gasteiger partial charge in [0, 0.05) is 17.8 Å². The van der Waals surface area contributed by atoms with Crippen LogP contribution in [0.2, 0.25) is 5.02 Å². The second-order valence-corrected chi connectivity index (χ2v) is 7.19. The third-order valence-electron chi connectivity index (χ3n) is 4.22. The summed E-state index contributed by atoms with van der Waals surface area (Å²) in [6.45, 7) is 1.84. The molecule has 2 rings (SSSR count). The maximum absolute atomic E-state index is 6.24. The van der Waals surface area contributed by atoms with Gasteiger partial charge in [-0.1, -0.05) is 24.4 Å². The van der Waals surface area contributed by atoms with E-state index in [0.717, 1.165) is 18.7 Å². The minimum atomic E-state index is 0.417. The highest BCUT2D eigenvalue weighted by molar-refractivity contribution is 8.00. The number of nitrogens with one attached hydrogen (secondary N) is 1. The minimum Gasteiger partial charge on any atom is -0.493 e. The molecule has 0 bridgehead atoms. The number of thioether (sulfide) groups is 1. The molecule has 5 heteroatoms. The van der Waals surface area contributed by atoms with Gasteiger partial charge in [-0.3, -0.25) is 0 Å². The summed E-state index contributed by atoms with van der Waals surface area (Å²) in [4.78, 5) is 0. The molecule has 118 valence electrons. The van der Waals surface area contributed by atoms with Crippen molar-refractivity contribution >= 4 is 23.4 Å². The maximum atomic E-state index is 6.24. The molecule has 0 unspecified atom stereocenters. The van der Waals surface area contributed by atoms with Crippen molar-refractivity contribution in [2.24, 2.45) is 0 Å². The van der Waals surface area contributed by atoms with E-state index < -0.39 is 0 Å². The fraction of sp³-hybridized carbons (Fsp3) is 0.625. The lowest BCUT2D eigenvalue weighted by Crippen LogP contribution is -2.34. The highest BCUT2D eigenvalue weighted by Gasteiger charge is 2.32. The predicted octanol–water partition coefficient (Wildman–Crippen LogP) is 4.12. The molecule has 0 aromatic heterocycles. The van der Waals surface area contributed by atoms with Crippen LogP contribution in [0.25, 0.3) is 0 Å². The Morgan fingerprint density at radius 3 is 2.52 bits per heavy atom. The van der Waals surface area contributed by atoms with Crippen molar-refractivity contribution in [1.29, 1.82) is 0 Å². The lowest BCUT2D eigenvalue weighted by molar-refractivity contribution is 0.354. The first-order valence-electron chi connectivity index (χ1n) is 7.30. The zero-order chi connectivity index (χ0) is 15.3. The van der Waals surface area contributed by atoms with Crippen LogP contribution in [0.1, 0.15) is 31.2 Å². The third kappa shape index (κ3) is 3.99. The number of methoxy groups -OCH3 is 2. The van der Waals surface area contributed by atoms with Crippen molar-refractivity contribution in [3.63, 3.8) is 0 Å². The molecular formula is C16H24ClNO2S. The fourth-order valence-corrected chi connectivity index (χ4v) is 4.23. The minimum absolute atomic E-state index is 0.417. The van der Waals surface area contributed by atoms with Crippen LogP contribution in [0, 0.1) is 0 Å². The second-order valence-electron chi connectivity index (χ2n) is 5.51. The lowest BCUT2D eigenvalue weighted by atomic mass is 10.1. The van der Waals surface area contributed by atoms with Gasteiger partial charge < -0.3 is 14.8 Å². The Balaban J connectivity index is 1.98. The monoisotopic (exact) mass is 329 g/mol. The van der Waals surface area contributed by atoms with Crippen LogP contribution in [0.15, 0.2) is 12.1 Å². The molecule has 1 fully saturated rings. The molecule has 0 heterocycles. The van der Waals surface area contributed by atoms with E-state index in [0.29, 0.717) is 21.3 Å². The van der Waals surface area contributed by atoms with Gasteiger partial charge in [-0.15, -0.1) is 0 Å². The summed E-state index contributed by atoms with van der Waals surface area (Å²) in [5, 5.41) is 4.17. The molecule has 0 atom stereocenters. The Morgan fingerprint density at radius 2 is 1.95 bits per heavy atom. The van der Waals surface area contributed by atoms with Gasteiger partial charge in [0.1, 0.15) is 0 Å². The first-order valence-corrected chi connectivity index (χ1v) is 8.90. The van der Waals surface area contributed by atoms with Crippen molar-refractivity contribution in [1.82, 2.24) is 5.32 Å². The summed E-state index contributed by atoms with van der Waals surface area (Å²) in [6.07, 6.45) is 7.55. The molecule has 0 radical (unpaired) electrons. The van der Waals surface area contributed by atoms with E-state index in [1.807, 2.05) is 23.9 Å². The number of ether oxygens (including phenoxy) is 2. The van der Waals surface area contributed by atoms with E-state index >= 15 is 0 Å². The molecule has 0 aliphatic heterocycles. The quantitative estimate of drug-likeness (QED) is 0.815. The molecule has 0 amide bonds. The van der Waals surface area contributed by atoms with E-state index in [-0.39, 0.29) is 0 Å². The average molecular weight is 330 g/mol. The molecule has 0 saturated heterocycles. The zero-order valence-electron chi connectivity index (χ0n) is 13.0. The number of rotatable bonds is 7. The Labute approximate surface area is 136 Å². The molecule has 1 aromatic rings. The molecular weight excluding hydrogens is 306 g/mol. The highest BCUT2D eigenvalue weighted by Crippen LogP contribution is 2.40. The fourth-order valence-electron chi connectivity index (χ4n) is 2.98. The van der Waals surface area contributed by atoms with Crippen molar-refractivity contribution in [2.45, 2.75) is 37.0 Å². The van der Waals surface area contributed by atoms with E-state index in [4.69, 9.17) is 21.1 Å². The molecule has 3 nitrogen and oxygen atoms in total. The van der Waals surface area contributed by atoms with Gasteiger partial charge in [0.15, 0.2) is 11.5 Å². The van der Waals surface area contributed by atoms with Crippen LogP contribution in [0.3, 0.4) is 0 Å². The molecule has 1 aromatic carbocycles. The molecule has 1 aliphatic carbocycles. The predicted molar refractivity (Wildman–Crippen MR) is 91.0 cm³/mol. The van der Waals surface area contributed by atoms with Crippen LogP contribution < -0.4 is 14.8 Å². The number of benzene rings is 1. The number of hydrogen-bond donors (Lipinski definition) is 1. The van der Waals surface area contributed by atoms with E-state index in [9.17, 15) is 0 Å². The van der Waals surface area contributed by atoms with Crippen molar-refractivity contribution in [3.8, 4) is 11.5 Å². The van der Waals surface area contributed by atoms with Gasteiger partial charge in [-0.05, 0) is 36.8 Å². The summed E-state index contributed by atoms with van der Waals surface area (Å²) in [5.74, 6) is 1.28. The van der Waals surface area contributed by atoms with Crippen molar-refractivity contribution < 1.29 is 9.47 Å². The van der Waals surface area contributed by atoms with Crippen LogP contribution in [0.5, 0.6) is 11.5 Å². The summed E-state index contributed by atoms with van der Waals surface area (Å²) < 4.78 is 11.0. The van der Waals surface area contributed by atoms with Gasteiger partial charge in [-0.25, -0.2) is 0 Å². The molecule has 0 spiro atoms. The molecule has 21 heavy (non-hydrogen) atoms. The lowest BCUT2D eigenvalue weighted by Gasteiger charge is -2.27. The van der Waals surface area contributed by atoms with E-state index in [1.165, 1.54) is 25.7 Å². The summed E-state index contributed by atoms with van der Waals surface area (Å²) in [6, 6.07) is 3.93. The van der Waals surface area contributed by atoms with E-state index in [2.05, 4.69) is 11.6 Å². The van der Waals surface area contributed by atoms with Gasteiger partial charge in [0.25, 0.3) is 0 Å². The summed E-state index contributed by atoms with van der Waals surface area (Å²) >= 11 is 8.24. The van der Waals surface area contributed by atoms with Crippen LogP contribution in [-0.4, -0.2) is 31.8 Å². The topological polar surface area (TPSA) is 30.5 Å². The Hall–Kier alpha value is -0.580. The van der Waals surface area contributed by atoms with Gasteiger partial charge in [-0.2, -0.15) is 11.8 Å². The SMILES string of the molecule is COc1cc(CNCC2(SC)CCCC2)cc(Cl)c1OC. The standard InChI is InChI=1S/C16H24ClNO2S/c1-19-14-9-12(8-13(17)15(14)20-2)10-18-11-16(21-3)6-4-5-7-16/h8-9,18H,4-7,10-11H2,1-3H3. The zero-order valence-corrected chi connectivity index (χ0v) is 14.6. The van der Waals surface area contributed by atoms with Crippen LogP contribution in [0.4, 0.5) is 0 Å². The Morgan fingerprint density at radius 1 is 1.24 bits per heavy atom. The van der Waals surface area contributed by atoms with Crippen molar-refractivity contribution in [3.05, 3.63) is 22.7 Å². The molecule has 1 saturated carbocycles. The van der Waals surface area contributed by atoms with Crippen LogP contribution in [-0.2, 0) is 6.54 Å². The molecule has 1 N–H and O–H groups in total. The molecule has 1 aliphatic rings.